The minimum Gasteiger partial charge on any atom is -0.464 e. The third-order valence-electron chi connectivity index (χ3n) is 14.8. The number of benzene rings is 1. The van der Waals surface area contributed by atoms with Crippen LogP contribution in [0.15, 0.2) is 60.2 Å². The number of ether oxygens (including phenoxy) is 2. The van der Waals surface area contributed by atoms with Gasteiger partial charge in [-0.15, -0.1) is 0 Å². The zero-order valence-electron chi connectivity index (χ0n) is 40.9. The van der Waals surface area contributed by atoms with E-state index in [-0.39, 0.29) is 36.8 Å². The van der Waals surface area contributed by atoms with Crippen molar-refractivity contribution in [1.82, 2.24) is 40.0 Å². The molecule has 1 aromatic carbocycles. The Morgan fingerprint density at radius 2 is 1.88 bits per heavy atom. The topological polar surface area (TPSA) is 171 Å². The fourth-order valence-electron chi connectivity index (χ4n) is 11.1. The number of nitrogens with zero attached hydrogens (tertiary/aromatic N) is 7. The molecule has 3 aromatic rings. The van der Waals surface area contributed by atoms with Gasteiger partial charge in [0.25, 0.3) is 5.91 Å². The number of cyclic esters (lactones) is 1. The van der Waals surface area contributed by atoms with Crippen LogP contribution in [0, 0.1) is 17.3 Å². The maximum absolute atomic E-state index is 14.7. The number of likely N-dealkylation sites (tertiary alicyclic amines) is 1. The molecule has 2 N–H and O–H groups in total. The van der Waals surface area contributed by atoms with E-state index in [1.165, 1.54) is 16.0 Å². The van der Waals surface area contributed by atoms with Crippen LogP contribution >= 0.6 is 0 Å². The molecule has 1 aliphatic carbocycles. The summed E-state index contributed by atoms with van der Waals surface area (Å²) in [5.41, 5.74) is 9.82. The predicted molar refractivity (Wildman–Crippen MR) is 262 cm³/mol. The minimum absolute atomic E-state index is 0.0703. The van der Waals surface area contributed by atoms with Crippen LogP contribution in [-0.4, -0.2) is 144 Å². The molecule has 16 nitrogen and oxygen atoms in total. The van der Waals surface area contributed by atoms with Gasteiger partial charge in [0.15, 0.2) is 0 Å². The lowest BCUT2D eigenvalue weighted by molar-refractivity contribution is -0.156. The summed E-state index contributed by atoms with van der Waals surface area (Å²) < 4.78 is 14.9. The van der Waals surface area contributed by atoms with Crippen LogP contribution in [0.3, 0.4) is 0 Å². The Morgan fingerprint density at radius 3 is 2.59 bits per heavy atom. The van der Waals surface area contributed by atoms with Gasteiger partial charge < -0.3 is 34.1 Å². The van der Waals surface area contributed by atoms with E-state index in [2.05, 4.69) is 66.9 Å². The van der Waals surface area contributed by atoms with Gasteiger partial charge in [-0.2, -0.15) is 0 Å². The SMILES string of the molecule is C=CC(=O)N(C)CCC1CCN(C(=O)N(C)[C@H](C(=O)NC2CC3=NC(=C[B]3)c3ccc4c(c3)c3c(n4CC)-c4cccnc4[C@@H](OC)C3C(C)(C)COC(=O)[C@@H]3CCCN(N3)C2=O)C(C)C)CC1. The Labute approximate surface area is 400 Å². The predicted octanol–water partition coefficient (Wildman–Crippen LogP) is 5.70. The number of rotatable bonds is 10. The van der Waals surface area contributed by atoms with Crippen LogP contribution in [-0.2, 0) is 35.2 Å². The molecule has 2 unspecified atom stereocenters. The molecule has 6 bridgehead atoms. The van der Waals surface area contributed by atoms with Crippen LogP contribution < -0.4 is 10.7 Å². The fraction of sp³-hybridized carbons (Fsp3) is 0.549. The van der Waals surface area contributed by atoms with E-state index < -0.39 is 47.4 Å². The molecule has 5 amide bonds. The van der Waals surface area contributed by atoms with Crippen LogP contribution in [0.5, 0.6) is 0 Å². The molecule has 17 heteroatoms. The van der Waals surface area contributed by atoms with Crippen molar-refractivity contribution in [3.8, 4) is 11.3 Å². The van der Waals surface area contributed by atoms with Crippen molar-refractivity contribution in [3.05, 3.63) is 72.0 Å². The molecule has 0 saturated carbocycles. The quantitative estimate of drug-likeness (QED) is 0.147. The van der Waals surface area contributed by atoms with Crippen molar-refractivity contribution in [1.29, 1.82) is 0 Å². The third-order valence-corrected chi connectivity index (χ3v) is 14.8. The van der Waals surface area contributed by atoms with E-state index in [0.29, 0.717) is 57.1 Å². The van der Waals surface area contributed by atoms with Gasteiger partial charge in [-0.1, -0.05) is 46.3 Å². The lowest BCUT2D eigenvalue weighted by atomic mass is 9.67. The van der Waals surface area contributed by atoms with Crippen molar-refractivity contribution < 1.29 is 33.4 Å². The maximum Gasteiger partial charge on any atom is 0.324 e. The highest BCUT2D eigenvalue weighted by molar-refractivity contribution is 6.81. The highest BCUT2D eigenvalue weighted by atomic mass is 16.5. The summed E-state index contributed by atoms with van der Waals surface area (Å²) in [6, 6.07) is 7.41. The molecule has 5 aliphatic rings. The maximum atomic E-state index is 14.7. The lowest BCUT2D eigenvalue weighted by Crippen LogP contribution is -2.62. The van der Waals surface area contributed by atoms with Crippen LogP contribution in [0.25, 0.3) is 27.9 Å². The van der Waals surface area contributed by atoms with Crippen molar-refractivity contribution in [2.45, 2.75) is 110 Å². The number of piperidine rings is 1. The second-order valence-electron chi connectivity index (χ2n) is 20.1. The van der Waals surface area contributed by atoms with Crippen LogP contribution in [0.1, 0.15) is 102 Å². The van der Waals surface area contributed by atoms with Gasteiger partial charge >= 0.3 is 12.0 Å². The number of aryl methyl sites for hydroxylation is 1. The van der Waals surface area contributed by atoms with E-state index in [1.807, 2.05) is 33.2 Å². The van der Waals surface area contributed by atoms with E-state index in [1.54, 1.807) is 37.2 Å². The number of carbonyl (C=O) groups excluding carboxylic acids is 5. The molecule has 2 fully saturated rings. The van der Waals surface area contributed by atoms with Gasteiger partial charge in [-0.25, -0.2) is 10.2 Å². The number of hydrogen-bond acceptors (Lipinski definition) is 10. The number of methoxy groups -OCH3 is 1. The first-order valence-electron chi connectivity index (χ1n) is 24.3. The molecule has 361 valence electrons. The molecule has 2 saturated heterocycles. The summed E-state index contributed by atoms with van der Waals surface area (Å²) in [7, 11) is 7.00. The monoisotopic (exact) mass is 929 g/mol. The second kappa shape index (κ2) is 20.0. The van der Waals surface area contributed by atoms with E-state index in [0.717, 1.165) is 63.9 Å². The molecule has 8 rings (SSSR count). The molecule has 68 heavy (non-hydrogen) atoms. The molecule has 2 aromatic heterocycles. The van der Waals surface area contributed by atoms with Crippen molar-refractivity contribution in [2.75, 3.05) is 54.0 Å². The lowest BCUT2D eigenvalue weighted by Gasteiger charge is -2.42. The molecule has 6 heterocycles. The molecule has 4 aliphatic heterocycles. The molecule has 0 spiro atoms. The number of urea groups is 1. The van der Waals surface area contributed by atoms with Crippen LogP contribution in [0.4, 0.5) is 4.79 Å². The number of hydrogen-bond donors (Lipinski definition) is 2. The largest absolute Gasteiger partial charge is 0.464 e. The molecule has 5 atom stereocenters. The van der Waals surface area contributed by atoms with E-state index in [9.17, 15) is 24.0 Å². The highest BCUT2D eigenvalue weighted by Crippen LogP contribution is 2.57. The first kappa shape index (κ1) is 48.6. The zero-order chi connectivity index (χ0) is 48.6. The molecular weight excluding hydrogens is 861 g/mol. The summed E-state index contributed by atoms with van der Waals surface area (Å²) in [4.78, 5) is 84.3. The number of pyridine rings is 1. The Hall–Kier alpha value is -5.81. The average Bonchev–Trinajstić information content (AvgIpc) is 3.95. The number of hydrazine groups is 1. The number of aromatic nitrogens is 2. The number of fused-ring (bicyclic) bond motifs is 7. The van der Waals surface area contributed by atoms with Crippen molar-refractivity contribution in [3.63, 3.8) is 0 Å². The Balaban J connectivity index is 1.09. The summed E-state index contributed by atoms with van der Waals surface area (Å²) in [5.74, 6) is 0.294. The van der Waals surface area contributed by atoms with Gasteiger partial charge in [0.2, 0.25) is 19.1 Å². The summed E-state index contributed by atoms with van der Waals surface area (Å²) >= 11 is 0. The van der Waals surface area contributed by atoms with Gasteiger partial charge in [0.05, 0.1) is 23.7 Å². The van der Waals surface area contributed by atoms with Gasteiger partial charge in [0.1, 0.15) is 24.2 Å². The summed E-state index contributed by atoms with van der Waals surface area (Å²) in [6.07, 6.45) is 6.15. The molecular formula is C51H67BN9O7. The number of likely N-dealkylation sites (N-methyl/N-ethyl adjacent to an activating group) is 2. The average molecular weight is 929 g/mol. The fourth-order valence-corrected chi connectivity index (χ4v) is 11.1. The summed E-state index contributed by atoms with van der Waals surface area (Å²) in [5, 5.41) is 5.53. The van der Waals surface area contributed by atoms with Crippen LogP contribution in [0.2, 0.25) is 0 Å². The number of amides is 5. The minimum atomic E-state index is -1.08. The Morgan fingerprint density at radius 1 is 1.12 bits per heavy atom. The van der Waals surface area contributed by atoms with E-state index in [4.69, 9.17) is 19.5 Å². The first-order valence-corrected chi connectivity index (χ1v) is 24.3. The second-order valence-corrected chi connectivity index (χ2v) is 20.1. The number of nitrogens with one attached hydrogen (secondary N) is 2. The van der Waals surface area contributed by atoms with Crippen molar-refractivity contribution >= 4 is 59.2 Å². The Bertz CT molecular complexity index is 2530. The van der Waals surface area contributed by atoms with E-state index >= 15 is 0 Å². The smallest absolute Gasteiger partial charge is 0.324 e. The first-order chi connectivity index (χ1) is 32.6. The van der Waals surface area contributed by atoms with Gasteiger partial charge in [-0.05, 0) is 97.9 Å². The normalized spacial score (nSPS) is 23.1. The van der Waals surface area contributed by atoms with Gasteiger partial charge in [0, 0.05) is 94.3 Å². The zero-order valence-corrected chi connectivity index (χ0v) is 40.9. The number of carbonyl (C=O) groups is 5. The third kappa shape index (κ3) is 9.35. The van der Waals surface area contributed by atoms with Crippen molar-refractivity contribution in [2.24, 2.45) is 22.2 Å². The standard InChI is InChI=1S/C51H67BN9O7/c1-10-40(62)57(7)23-18-31-19-24-59(25-20-31)50(66)58(8)44(30(3)4)47(63)55-36-27-39-52-28-37(54-39)32-16-17-38-34(26-32)41-42(46(67-9)43-33(14-12-21-53-43)45(41)60(38)11-2)51(5,6)29-68-49(65)35-15-13-22-61(56-35)48(36)64/h10,12,14,16-17,21,26,28,30-31,35-36,42,44,46,56H,1,11,13,15,18-20,22-25,27,29H2,2-9H3,(H,55,63)/t35-,36?,42?,44-,46-/m0/s1. The Kier molecular flexibility index (Phi) is 14.3. The highest BCUT2D eigenvalue weighted by Gasteiger charge is 2.48. The van der Waals surface area contributed by atoms with Gasteiger partial charge in [-0.3, -0.25) is 34.2 Å². The molecule has 1 radical (unpaired) electrons. The number of esters is 1. The summed E-state index contributed by atoms with van der Waals surface area (Å²) in [6.45, 7) is 16.5. The number of aliphatic imine (C=N–C) groups is 1.